The van der Waals surface area contributed by atoms with Gasteiger partial charge in [-0.25, -0.2) is 0 Å². The largest absolute Gasteiger partial charge is 0.493 e. The van der Waals surface area contributed by atoms with Gasteiger partial charge in [0.15, 0.2) is 11.5 Å². The lowest BCUT2D eigenvalue weighted by Gasteiger charge is -2.21. The van der Waals surface area contributed by atoms with Crippen molar-refractivity contribution in [3.63, 3.8) is 0 Å². The van der Waals surface area contributed by atoms with E-state index in [9.17, 15) is 4.79 Å². The molecule has 0 bridgehead atoms. The minimum atomic E-state index is -0.0111. The summed E-state index contributed by atoms with van der Waals surface area (Å²) < 4.78 is 11.0. The molecule has 0 radical (unpaired) electrons. The van der Waals surface area contributed by atoms with Crippen LogP contribution < -0.4 is 14.8 Å². The van der Waals surface area contributed by atoms with E-state index in [4.69, 9.17) is 9.47 Å². The first-order valence-electron chi connectivity index (χ1n) is 9.50. The highest BCUT2D eigenvalue weighted by atomic mass is 16.5. The minimum absolute atomic E-state index is 0.0111. The number of nitrogens with one attached hydrogen (secondary N) is 1. The molecule has 1 N–H and O–H groups in total. The maximum atomic E-state index is 12.4. The van der Waals surface area contributed by atoms with Crippen LogP contribution in [0.25, 0.3) is 0 Å². The van der Waals surface area contributed by atoms with Crippen LogP contribution in [0, 0.1) is 0 Å². The van der Waals surface area contributed by atoms with E-state index in [2.05, 4.69) is 30.1 Å². The second-order valence-corrected chi connectivity index (χ2v) is 6.32. The van der Waals surface area contributed by atoms with Crippen LogP contribution in [0.2, 0.25) is 0 Å². The summed E-state index contributed by atoms with van der Waals surface area (Å²) in [7, 11) is 1.64. The highest BCUT2D eigenvalue weighted by molar-refractivity contribution is 5.92. The monoisotopic (exact) mass is 370 g/mol. The normalized spacial score (nSPS) is 10.7. The average Bonchev–Trinajstić information content (AvgIpc) is 2.68. The maximum absolute atomic E-state index is 12.4. The molecular formula is C22H30N2O3. The van der Waals surface area contributed by atoms with Crippen LogP contribution >= 0.6 is 0 Å². The fraction of sp³-hybridized carbons (Fsp3) is 0.409. The van der Waals surface area contributed by atoms with Crippen molar-refractivity contribution in [2.24, 2.45) is 0 Å². The second kappa shape index (κ2) is 10.6. The average molecular weight is 370 g/mol. The zero-order valence-electron chi connectivity index (χ0n) is 16.7. The molecule has 5 nitrogen and oxygen atoms in total. The Balaban J connectivity index is 1.99. The molecule has 0 atom stereocenters. The molecule has 27 heavy (non-hydrogen) atoms. The molecule has 2 aromatic rings. The fourth-order valence-corrected chi connectivity index (χ4v) is 2.90. The van der Waals surface area contributed by atoms with Gasteiger partial charge in [-0.1, -0.05) is 32.0 Å². The van der Waals surface area contributed by atoms with Gasteiger partial charge in [-0.3, -0.25) is 9.69 Å². The lowest BCUT2D eigenvalue weighted by Crippen LogP contribution is -2.32. The Morgan fingerprint density at radius 3 is 2.52 bits per heavy atom. The highest BCUT2D eigenvalue weighted by Crippen LogP contribution is 2.28. The molecule has 0 unspecified atom stereocenters. The number of anilines is 1. The number of ether oxygens (including phenoxy) is 2. The van der Waals surface area contributed by atoms with E-state index in [1.165, 1.54) is 5.56 Å². The topological polar surface area (TPSA) is 50.8 Å². The van der Waals surface area contributed by atoms with Gasteiger partial charge >= 0.3 is 0 Å². The molecule has 0 aliphatic rings. The molecule has 1 amide bonds. The Kier molecular flexibility index (Phi) is 8.14. The van der Waals surface area contributed by atoms with Gasteiger partial charge < -0.3 is 14.8 Å². The van der Waals surface area contributed by atoms with Crippen molar-refractivity contribution in [2.45, 2.75) is 33.7 Å². The van der Waals surface area contributed by atoms with E-state index in [1.807, 2.05) is 43.3 Å². The molecule has 0 spiro atoms. The van der Waals surface area contributed by atoms with E-state index < -0.39 is 0 Å². The van der Waals surface area contributed by atoms with Gasteiger partial charge in [0.25, 0.3) is 0 Å². The molecule has 2 rings (SSSR count). The molecule has 0 heterocycles. The number of hydrogen-bond donors (Lipinski definition) is 1. The first kappa shape index (κ1) is 20.8. The Morgan fingerprint density at radius 2 is 1.85 bits per heavy atom. The first-order chi connectivity index (χ1) is 13.1. The molecule has 2 aromatic carbocycles. The Hall–Kier alpha value is -2.53. The van der Waals surface area contributed by atoms with Crippen molar-refractivity contribution >= 4 is 11.6 Å². The zero-order valence-corrected chi connectivity index (χ0v) is 16.7. The van der Waals surface area contributed by atoms with Crippen LogP contribution in [0.3, 0.4) is 0 Å². The molecule has 5 heteroatoms. The van der Waals surface area contributed by atoms with E-state index in [-0.39, 0.29) is 5.91 Å². The predicted octanol–water partition coefficient (Wildman–Crippen LogP) is 4.12. The number of carbonyl (C=O) groups is 1. The second-order valence-electron chi connectivity index (χ2n) is 6.32. The maximum Gasteiger partial charge on any atom is 0.238 e. The highest BCUT2D eigenvalue weighted by Gasteiger charge is 2.12. The summed E-state index contributed by atoms with van der Waals surface area (Å²) in [5, 5.41) is 2.99. The molecule has 0 aliphatic carbocycles. The van der Waals surface area contributed by atoms with E-state index in [0.29, 0.717) is 25.4 Å². The Morgan fingerprint density at radius 1 is 1.04 bits per heavy atom. The fourth-order valence-electron chi connectivity index (χ4n) is 2.90. The number of aryl methyl sites for hydroxylation is 1. The van der Waals surface area contributed by atoms with Crippen molar-refractivity contribution in [1.29, 1.82) is 0 Å². The van der Waals surface area contributed by atoms with Crippen LogP contribution in [-0.4, -0.2) is 37.6 Å². The van der Waals surface area contributed by atoms with E-state index in [0.717, 1.165) is 30.0 Å². The van der Waals surface area contributed by atoms with E-state index >= 15 is 0 Å². The lowest BCUT2D eigenvalue weighted by atomic mass is 10.1. The first-order valence-corrected chi connectivity index (χ1v) is 9.50. The van der Waals surface area contributed by atoms with Gasteiger partial charge in [-0.15, -0.1) is 0 Å². The molecule has 0 aliphatic heterocycles. The van der Waals surface area contributed by atoms with Gasteiger partial charge in [0.2, 0.25) is 5.91 Å². The molecule has 0 saturated carbocycles. The number of carbonyl (C=O) groups excluding carboxylic acids is 1. The molecule has 146 valence electrons. The van der Waals surface area contributed by atoms with Gasteiger partial charge in [-0.2, -0.15) is 0 Å². The van der Waals surface area contributed by atoms with Gasteiger partial charge in [0.05, 0.1) is 20.3 Å². The summed E-state index contributed by atoms with van der Waals surface area (Å²) in [5.74, 6) is 1.44. The number of amides is 1. The number of nitrogens with zero attached hydrogens (tertiary/aromatic N) is 1. The summed E-state index contributed by atoms with van der Waals surface area (Å²) >= 11 is 0. The summed E-state index contributed by atoms with van der Waals surface area (Å²) in [5.41, 5.74) is 3.14. The van der Waals surface area contributed by atoms with Gasteiger partial charge in [-0.05, 0) is 55.3 Å². The third kappa shape index (κ3) is 6.29. The van der Waals surface area contributed by atoms with Crippen LogP contribution in [-0.2, 0) is 17.8 Å². The molecule has 0 aromatic heterocycles. The zero-order chi connectivity index (χ0) is 19.6. The van der Waals surface area contributed by atoms with Crippen molar-refractivity contribution in [1.82, 2.24) is 4.90 Å². The predicted molar refractivity (Wildman–Crippen MR) is 110 cm³/mol. The number of hydrogen-bond acceptors (Lipinski definition) is 4. The Labute approximate surface area is 162 Å². The van der Waals surface area contributed by atoms with Crippen molar-refractivity contribution in [2.75, 3.05) is 32.1 Å². The van der Waals surface area contributed by atoms with Crippen molar-refractivity contribution in [3.05, 3.63) is 53.6 Å². The van der Waals surface area contributed by atoms with Gasteiger partial charge in [0.1, 0.15) is 0 Å². The van der Waals surface area contributed by atoms with Crippen LogP contribution in [0.15, 0.2) is 42.5 Å². The van der Waals surface area contributed by atoms with Crippen LogP contribution in [0.5, 0.6) is 11.5 Å². The quantitative estimate of drug-likeness (QED) is 0.684. The van der Waals surface area contributed by atoms with Gasteiger partial charge in [0, 0.05) is 12.2 Å². The molecular weight excluding hydrogens is 340 g/mol. The number of rotatable bonds is 10. The van der Waals surface area contributed by atoms with Crippen molar-refractivity contribution in [3.8, 4) is 11.5 Å². The summed E-state index contributed by atoms with van der Waals surface area (Å²) in [4.78, 5) is 14.5. The Bertz CT molecular complexity index is 746. The van der Waals surface area contributed by atoms with E-state index in [1.54, 1.807) is 7.11 Å². The van der Waals surface area contributed by atoms with Crippen LogP contribution in [0.1, 0.15) is 31.9 Å². The number of likely N-dealkylation sites (N-methyl/N-ethyl adjacent to an activating group) is 1. The summed E-state index contributed by atoms with van der Waals surface area (Å²) in [6, 6.07) is 13.9. The minimum Gasteiger partial charge on any atom is -0.493 e. The smallest absolute Gasteiger partial charge is 0.238 e. The number of methoxy groups -OCH3 is 1. The summed E-state index contributed by atoms with van der Waals surface area (Å²) in [6.45, 7) is 8.47. The summed E-state index contributed by atoms with van der Waals surface area (Å²) in [6.07, 6.45) is 0.949. The molecule has 0 fully saturated rings. The van der Waals surface area contributed by atoms with Crippen LogP contribution in [0.4, 0.5) is 5.69 Å². The third-order valence-electron chi connectivity index (χ3n) is 4.37. The molecule has 0 saturated heterocycles. The standard InChI is InChI=1S/C22H30N2O3/c1-5-17-9-8-10-19(13-17)23-22(25)16-24(6-2)15-18-11-12-20(27-7-3)21(14-18)26-4/h8-14H,5-7,15-16H2,1-4H3,(H,23,25). The third-order valence-corrected chi connectivity index (χ3v) is 4.37. The number of benzene rings is 2. The SMILES string of the molecule is CCOc1ccc(CN(CC)CC(=O)Nc2cccc(CC)c2)cc1OC. The van der Waals surface area contributed by atoms with Crippen molar-refractivity contribution < 1.29 is 14.3 Å². The lowest BCUT2D eigenvalue weighted by molar-refractivity contribution is -0.117.